The van der Waals surface area contributed by atoms with Crippen molar-refractivity contribution in [1.82, 2.24) is 19.6 Å². The van der Waals surface area contributed by atoms with Gasteiger partial charge in [-0.05, 0) is 56.3 Å². The third-order valence-electron chi connectivity index (χ3n) is 5.19. The van der Waals surface area contributed by atoms with E-state index < -0.39 is 0 Å². The number of nitrogens with zero attached hydrogens (tertiary/aromatic N) is 3. The topological polar surface area (TPSA) is 32.6 Å². The third-order valence-corrected chi connectivity index (χ3v) is 5.19. The fourth-order valence-electron chi connectivity index (χ4n) is 4.10. The average Bonchev–Trinajstić information content (AvgIpc) is 3.07. The molecule has 0 bridgehead atoms. The monoisotopic (exact) mass is 284 g/mol. The largest absolute Gasteiger partial charge is 0.316 e. The molecule has 0 aliphatic carbocycles. The van der Waals surface area contributed by atoms with Crippen molar-refractivity contribution >= 4 is 5.65 Å². The minimum atomic E-state index is 0.535. The van der Waals surface area contributed by atoms with E-state index in [9.17, 15) is 0 Å². The summed E-state index contributed by atoms with van der Waals surface area (Å²) in [5.74, 6) is 0. The molecule has 1 spiro atoms. The fraction of sp³-hybridized carbons (Fsp3) is 0.588. The van der Waals surface area contributed by atoms with Gasteiger partial charge in [-0.1, -0.05) is 6.07 Å². The van der Waals surface area contributed by atoms with Crippen LogP contribution in [0.15, 0.2) is 24.5 Å². The molecular weight excluding hydrogens is 260 g/mol. The second kappa shape index (κ2) is 5.11. The van der Waals surface area contributed by atoms with Gasteiger partial charge in [0.15, 0.2) is 0 Å². The van der Waals surface area contributed by atoms with E-state index in [1.54, 1.807) is 0 Å². The van der Waals surface area contributed by atoms with E-state index in [1.165, 1.54) is 56.7 Å². The summed E-state index contributed by atoms with van der Waals surface area (Å²) in [5.41, 5.74) is 4.08. The number of hydrogen-bond acceptors (Lipinski definition) is 3. The smallest absolute Gasteiger partial charge is 0.139 e. The maximum absolute atomic E-state index is 4.83. The molecule has 2 aliphatic rings. The number of hydrogen-bond donors (Lipinski definition) is 1. The molecule has 0 saturated carbocycles. The minimum absolute atomic E-state index is 0.535. The highest BCUT2D eigenvalue weighted by Crippen LogP contribution is 2.35. The van der Waals surface area contributed by atoms with Gasteiger partial charge in [0.2, 0.25) is 0 Å². The van der Waals surface area contributed by atoms with Gasteiger partial charge < -0.3 is 9.72 Å². The zero-order chi connectivity index (χ0) is 14.3. The molecule has 4 heterocycles. The summed E-state index contributed by atoms with van der Waals surface area (Å²) in [6.07, 6.45) is 8.34. The van der Waals surface area contributed by atoms with Crippen molar-refractivity contribution < 1.29 is 0 Å². The molecule has 4 nitrogen and oxygen atoms in total. The molecule has 21 heavy (non-hydrogen) atoms. The molecular formula is C17H24N4. The van der Waals surface area contributed by atoms with E-state index in [0.29, 0.717) is 5.41 Å². The normalized spacial score (nSPS) is 26.9. The number of aryl methyl sites for hydroxylation is 1. The van der Waals surface area contributed by atoms with Gasteiger partial charge >= 0.3 is 0 Å². The Morgan fingerprint density at radius 3 is 3.14 bits per heavy atom. The molecule has 1 N–H and O–H groups in total. The van der Waals surface area contributed by atoms with Crippen LogP contribution in [0.25, 0.3) is 5.65 Å². The molecule has 2 aromatic rings. The second-order valence-corrected chi connectivity index (χ2v) is 6.90. The maximum atomic E-state index is 4.83. The van der Waals surface area contributed by atoms with Crippen molar-refractivity contribution in [2.75, 3.05) is 26.2 Å². The highest BCUT2D eigenvalue weighted by atomic mass is 15.2. The molecule has 112 valence electrons. The van der Waals surface area contributed by atoms with Gasteiger partial charge in [-0.2, -0.15) is 0 Å². The first-order valence-corrected chi connectivity index (χ1v) is 8.10. The molecule has 0 radical (unpaired) electrons. The summed E-state index contributed by atoms with van der Waals surface area (Å²) in [6, 6.07) is 4.22. The van der Waals surface area contributed by atoms with Crippen molar-refractivity contribution in [2.45, 2.75) is 32.7 Å². The van der Waals surface area contributed by atoms with Crippen molar-refractivity contribution in [1.29, 1.82) is 0 Å². The first kappa shape index (κ1) is 13.3. The Bertz CT molecular complexity index is 639. The van der Waals surface area contributed by atoms with E-state index in [4.69, 9.17) is 4.98 Å². The lowest BCUT2D eigenvalue weighted by Crippen LogP contribution is -2.44. The van der Waals surface area contributed by atoms with Gasteiger partial charge in [0, 0.05) is 32.0 Å². The molecule has 0 aromatic carbocycles. The van der Waals surface area contributed by atoms with Crippen LogP contribution in [0.1, 0.15) is 30.5 Å². The van der Waals surface area contributed by atoms with Crippen molar-refractivity contribution in [3.63, 3.8) is 0 Å². The summed E-state index contributed by atoms with van der Waals surface area (Å²) in [6.45, 7) is 7.96. The number of pyridine rings is 1. The van der Waals surface area contributed by atoms with Crippen LogP contribution in [0.2, 0.25) is 0 Å². The SMILES string of the molecule is Cc1cccn2cc(CN3CCC[C@]4(CCNC4)C3)nc12. The number of rotatable bonds is 2. The minimum Gasteiger partial charge on any atom is -0.316 e. The summed E-state index contributed by atoms with van der Waals surface area (Å²) in [4.78, 5) is 7.43. The Kier molecular flexibility index (Phi) is 3.23. The molecule has 4 rings (SSSR count). The van der Waals surface area contributed by atoms with Crippen molar-refractivity contribution in [3.05, 3.63) is 35.8 Å². The zero-order valence-corrected chi connectivity index (χ0v) is 12.8. The quantitative estimate of drug-likeness (QED) is 0.918. The Balaban J connectivity index is 1.53. The lowest BCUT2D eigenvalue weighted by Gasteiger charge is -2.39. The lowest BCUT2D eigenvalue weighted by atomic mass is 9.79. The number of piperidine rings is 1. The van der Waals surface area contributed by atoms with Gasteiger partial charge in [-0.15, -0.1) is 0 Å². The Morgan fingerprint density at radius 1 is 1.38 bits per heavy atom. The Labute approximate surface area is 126 Å². The summed E-state index contributed by atoms with van der Waals surface area (Å²) >= 11 is 0. The standard InChI is InChI=1S/C17H24N4/c1-14-4-2-9-21-11-15(19-16(14)21)10-20-8-3-5-17(13-20)6-7-18-12-17/h2,4,9,11,18H,3,5-8,10,12-13H2,1H3/t17-/m1/s1. The predicted octanol–water partition coefficient (Wildman–Crippen LogP) is 2.22. The summed E-state index contributed by atoms with van der Waals surface area (Å²) < 4.78 is 2.15. The van der Waals surface area contributed by atoms with Crippen LogP contribution in [0.5, 0.6) is 0 Å². The van der Waals surface area contributed by atoms with E-state index in [-0.39, 0.29) is 0 Å². The summed E-state index contributed by atoms with van der Waals surface area (Å²) in [7, 11) is 0. The molecule has 4 heteroatoms. The van der Waals surface area contributed by atoms with Crippen LogP contribution in [-0.2, 0) is 6.54 Å². The molecule has 1 atom stereocenters. The molecule has 2 saturated heterocycles. The first-order valence-electron chi connectivity index (χ1n) is 8.10. The Hall–Kier alpha value is -1.39. The van der Waals surface area contributed by atoms with Crippen LogP contribution in [-0.4, -0.2) is 40.5 Å². The number of aromatic nitrogens is 2. The van der Waals surface area contributed by atoms with Crippen molar-refractivity contribution in [3.8, 4) is 0 Å². The first-order chi connectivity index (χ1) is 10.2. The second-order valence-electron chi connectivity index (χ2n) is 6.90. The predicted molar refractivity (Wildman–Crippen MR) is 84.4 cm³/mol. The highest BCUT2D eigenvalue weighted by molar-refractivity contribution is 5.47. The third kappa shape index (κ3) is 2.47. The lowest BCUT2D eigenvalue weighted by molar-refractivity contribution is 0.0969. The Morgan fingerprint density at radius 2 is 2.33 bits per heavy atom. The van der Waals surface area contributed by atoms with Gasteiger partial charge in [-0.25, -0.2) is 4.98 Å². The van der Waals surface area contributed by atoms with Crippen molar-refractivity contribution in [2.24, 2.45) is 5.41 Å². The molecule has 2 fully saturated rings. The number of nitrogens with one attached hydrogen (secondary N) is 1. The van der Waals surface area contributed by atoms with E-state index in [2.05, 4.69) is 46.1 Å². The van der Waals surface area contributed by atoms with Crippen LogP contribution < -0.4 is 5.32 Å². The average molecular weight is 284 g/mol. The molecule has 0 unspecified atom stereocenters. The van der Waals surface area contributed by atoms with Gasteiger partial charge in [0.05, 0.1) is 5.69 Å². The van der Waals surface area contributed by atoms with Crippen LogP contribution >= 0.6 is 0 Å². The van der Waals surface area contributed by atoms with Crippen LogP contribution in [0, 0.1) is 12.3 Å². The van der Waals surface area contributed by atoms with Gasteiger partial charge in [-0.3, -0.25) is 4.90 Å². The number of fused-ring (bicyclic) bond motifs is 1. The summed E-state index contributed by atoms with van der Waals surface area (Å²) in [5, 5.41) is 3.55. The maximum Gasteiger partial charge on any atom is 0.139 e. The van der Waals surface area contributed by atoms with Crippen LogP contribution in [0.3, 0.4) is 0 Å². The van der Waals surface area contributed by atoms with E-state index in [1.807, 2.05) is 0 Å². The highest BCUT2D eigenvalue weighted by Gasteiger charge is 2.37. The molecule has 0 amide bonds. The number of imidazole rings is 1. The molecule has 2 aromatic heterocycles. The van der Waals surface area contributed by atoms with Gasteiger partial charge in [0.25, 0.3) is 0 Å². The van der Waals surface area contributed by atoms with E-state index >= 15 is 0 Å². The molecule has 2 aliphatic heterocycles. The van der Waals surface area contributed by atoms with E-state index in [0.717, 1.165) is 12.2 Å². The fourth-order valence-corrected chi connectivity index (χ4v) is 4.10. The van der Waals surface area contributed by atoms with Crippen LogP contribution in [0.4, 0.5) is 0 Å². The zero-order valence-electron chi connectivity index (χ0n) is 12.8. The van der Waals surface area contributed by atoms with Gasteiger partial charge in [0.1, 0.15) is 5.65 Å². The number of likely N-dealkylation sites (tertiary alicyclic amines) is 1.